The van der Waals surface area contributed by atoms with Gasteiger partial charge < -0.3 is 10.1 Å². The van der Waals surface area contributed by atoms with Crippen molar-refractivity contribution in [1.29, 1.82) is 0 Å². The fourth-order valence-electron chi connectivity index (χ4n) is 3.23. The number of rotatable bonds is 3. The standard InChI is InChI=1S/C14H26N2O/c1-11-8-15-14(12-5-6-12)10-16(11)9-13-4-2-3-7-17-13/h11-15H,2-10H2,1H3. The summed E-state index contributed by atoms with van der Waals surface area (Å²) < 4.78 is 5.88. The number of piperazine rings is 1. The largest absolute Gasteiger partial charge is 0.377 e. The molecule has 0 spiro atoms. The highest BCUT2D eigenvalue weighted by atomic mass is 16.5. The molecule has 1 aliphatic carbocycles. The second-order valence-corrected chi connectivity index (χ2v) is 6.14. The van der Waals surface area contributed by atoms with Crippen molar-refractivity contribution < 1.29 is 4.74 Å². The second-order valence-electron chi connectivity index (χ2n) is 6.14. The van der Waals surface area contributed by atoms with Gasteiger partial charge in [-0.2, -0.15) is 0 Å². The van der Waals surface area contributed by atoms with E-state index in [1.807, 2.05) is 0 Å². The lowest BCUT2D eigenvalue weighted by Gasteiger charge is -2.41. The van der Waals surface area contributed by atoms with Crippen LogP contribution in [0.15, 0.2) is 0 Å². The Morgan fingerprint density at radius 2 is 2.12 bits per heavy atom. The van der Waals surface area contributed by atoms with Crippen LogP contribution in [0, 0.1) is 5.92 Å². The quantitative estimate of drug-likeness (QED) is 0.809. The Bertz CT molecular complexity index is 249. The predicted octanol–water partition coefficient (Wildman–Crippen LogP) is 1.63. The van der Waals surface area contributed by atoms with Crippen LogP contribution in [0.25, 0.3) is 0 Å². The number of nitrogens with one attached hydrogen (secondary N) is 1. The first-order valence-corrected chi connectivity index (χ1v) is 7.42. The van der Waals surface area contributed by atoms with Crippen LogP contribution in [0.1, 0.15) is 39.0 Å². The van der Waals surface area contributed by atoms with Crippen molar-refractivity contribution in [3.63, 3.8) is 0 Å². The minimum atomic E-state index is 0.504. The lowest BCUT2D eigenvalue weighted by Crippen LogP contribution is -2.57. The summed E-state index contributed by atoms with van der Waals surface area (Å²) in [6.07, 6.45) is 7.28. The van der Waals surface area contributed by atoms with E-state index in [4.69, 9.17) is 4.74 Å². The van der Waals surface area contributed by atoms with Gasteiger partial charge in [-0.1, -0.05) is 0 Å². The normalized spacial score (nSPS) is 40.4. The number of hydrogen-bond donors (Lipinski definition) is 1. The summed E-state index contributed by atoms with van der Waals surface area (Å²) in [7, 11) is 0. The molecule has 3 fully saturated rings. The highest BCUT2D eigenvalue weighted by molar-refractivity contribution is 4.94. The van der Waals surface area contributed by atoms with Crippen molar-refractivity contribution in [3.8, 4) is 0 Å². The molecule has 3 atom stereocenters. The number of nitrogens with zero attached hydrogens (tertiary/aromatic N) is 1. The van der Waals surface area contributed by atoms with Crippen LogP contribution in [0.2, 0.25) is 0 Å². The van der Waals surface area contributed by atoms with E-state index in [9.17, 15) is 0 Å². The molecule has 2 heterocycles. The van der Waals surface area contributed by atoms with E-state index in [2.05, 4.69) is 17.1 Å². The zero-order valence-corrected chi connectivity index (χ0v) is 11.0. The summed E-state index contributed by atoms with van der Waals surface area (Å²) in [5.74, 6) is 0.970. The maximum atomic E-state index is 5.88. The summed E-state index contributed by atoms with van der Waals surface area (Å²) in [6.45, 7) is 6.89. The highest BCUT2D eigenvalue weighted by Crippen LogP contribution is 2.34. The molecule has 0 aromatic carbocycles. The van der Waals surface area contributed by atoms with Gasteiger partial charge in [0, 0.05) is 38.3 Å². The topological polar surface area (TPSA) is 24.5 Å². The van der Waals surface area contributed by atoms with Gasteiger partial charge in [-0.05, 0) is 44.9 Å². The summed E-state index contributed by atoms with van der Waals surface area (Å²) in [4.78, 5) is 2.66. The van der Waals surface area contributed by atoms with Crippen molar-refractivity contribution in [3.05, 3.63) is 0 Å². The Morgan fingerprint density at radius 1 is 1.24 bits per heavy atom. The molecule has 1 saturated carbocycles. The maximum Gasteiger partial charge on any atom is 0.0702 e. The molecule has 3 rings (SSSR count). The third-order valence-corrected chi connectivity index (χ3v) is 4.63. The van der Waals surface area contributed by atoms with Crippen LogP contribution < -0.4 is 5.32 Å². The lowest BCUT2D eigenvalue weighted by molar-refractivity contribution is -0.0201. The first-order valence-electron chi connectivity index (χ1n) is 7.42. The fourth-order valence-corrected chi connectivity index (χ4v) is 3.23. The first kappa shape index (κ1) is 11.9. The molecule has 3 heteroatoms. The SMILES string of the molecule is CC1CNC(C2CC2)CN1CC1CCCCO1. The Labute approximate surface area is 105 Å². The third-order valence-electron chi connectivity index (χ3n) is 4.63. The van der Waals surface area contributed by atoms with Gasteiger partial charge in [0.1, 0.15) is 0 Å². The van der Waals surface area contributed by atoms with Crippen LogP contribution in [0.3, 0.4) is 0 Å². The Balaban J connectivity index is 1.52. The van der Waals surface area contributed by atoms with Gasteiger partial charge in [0.05, 0.1) is 6.10 Å². The van der Waals surface area contributed by atoms with Gasteiger partial charge in [-0.15, -0.1) is 0 Å². The van der Waals surface area contributed by atoms with Crippen molar-refractivity contribution in [2.45, 2.75) is 57.2 Å². The maximum absolute atomic E-state index is 5.88. The van der Waals surface area contributed by atoms with E-state index in [1.54, 1.807) is 0 Å². The van der Waals surface area contributed by atoms with Crippen LogP contribution >= 0.6 is 0 Å². The van der Waals surface area contributed by atoms with Crippen molar-refractivity contribution >= 4 is 0 Å². The summed E-state index contributed by atoms with van der Waals surface area (Å²) >= 11 is 0. The van der Waals surface area contributed by atoms with Gasteiger partial charge in [-0.3, -0.25) is 4.90 Å². The van der Waals surface area contributed by atoms with E-state index in [0.717, 1.165) is 31.7 Å². The molecule has 0 aromatic rings. The molecule has 2 aliphatic heterocycles. The van der Waals surface area contributed by atoms with Crippen LogP contribution in [-0.2, 0) is 4.74 Å². The Morgan fingerprint density at radius 3 is 2.82 bits per heavy atom. The average Bonchev–Trinajstić information content (AvgIpc) is 3.17. The molecule has 17 heavy (non-hydrogen) atoms. The van der Waals surface area contributed by atoms with E-state index in [0.29, 0.717) is 12.1 Å². The Kier molecular flexibility index (Phi) is 3.69. The van der Waals surface area contributed by atoms with E-state index >= 15 is 0 Å². The molecule has 98 valence electrons. The zero-order valence-electron chi connectivity index (χ0n) is 11.0. The monoisotopic (exact) mass is 238 g/mol. The Hall–Kier alpha value is -0.120. The molecule has 3 aliphatic rings. The van der Waals surface area contributed by atoms with E-state index < -0.39 is 0 Å². The minimum absolute atomic E-state index is 0.504. The van der Waals surface area contributed by atoms with Gasteiger partial charge in [0.25, 0.3) is 0 Å². The summed E-state index contributed by atoms with van der Waals surface area (Å²) in [5, 5.41) is 3.72. The molecule has 0 bridgehead atoms. The fraction of sp³-hybridized carbons (Fsp3) is 1.00. The first-order chi connectivity index (χ1) is 8.33. The van der Waals surface area contributed by atoms with E-state index in [1.165, 1.54) is 38.6 Å². The van der Waals surface area contributed by atoms with Gasteiger partial charge in [0.2, 0.25) is 0 Å². The summed E-state index contributed by atoms with van der Waals surface area (Å²) in [6, 6.07) is 1.44. The van der Waals surface area contributed by atoms with Crippen molar-refractivity contribution in [2.24, 2.45) is 5.92 Å². The molecule has 1 N–H and O–H groups in total. The predicted molar refractivity (Wildman–Crippen MR) is 69.1 cm³/mol. The molecule has 0 radical (unpaired) electrons. The number of hydrogen-bond acceptors (Lipinski definition) is 3. The van der Waals surface area contributed by atoms with Crippen LogP contribution in [-0.4, -0.2) is 49.3 Å². The van der Waals surface area contributed by atoms with Crippen LogP contribution in [0.4, 0.5) is 0 Å². The minimum Gasteiger partial charge on any atom is -0.377 e. The highest BCUT2D eigenvalue weighted by Gasteiger charge is 2.36. The van der Waals surface area contributed by atoms with Gasteiger partial charge in [0.15, 0.2) is 0 Å². The molecule has 0 amide bonds. The molecule has 0 aromatic heterocycles. The van der Waals surface area contributed by atoms with Gasteiger partial charge in [-0.25, -0.2) is 0 Å². The smallest absolute Gasteiger partial charge is 0.0702 e. The second kappa shape index (κ2) is 5.25. The average molecular weight is 238 g/mol. The van der Waals surface area contributed by atoms with Crippen LogP contribution in [0.5, 0.6) is 0 Å². The molecular weight excluding hydrogens is 212 g/mol. The number of ether oxygens (including phenoxy) is 1. The van der Waals surface area contributed by atoms with Crippen molar-refractivity contribution in [1.82, 2.24) is 10.2 Å². The zero-order chi connectivity index (χ0) is 11.7. The van der Waals surface area contributed by atoms with E-state index in [-0.39, 0.29) is 0 Å². The molecular formula is C14H26N2O. The molecule has 2 saturated heterocycles. The summed E-state index contributed by atoms with van der Waals surface area (Å²) in [5.41, 5.74) is 0. The van der Waals surface area contributed by atoms with Gasteiger partial charge >= 0.3 is 0 Å². The molecule has 3 unspecified atom stereocenters. The third kappa shape index (κ3) is 3.01. The lowest BCUT2D eigenvalue weighted by atomic mass is 10.0. The van der Waals surface area contributed by atoms with Crippen molar-refractivity contribution in [2.75, 3.05) is 26.2 Å². The molecule has 3 nitrogen and oxygen atoms in total.